The topological polar surface area (TPSA) is 103 Å². The second kappa shape index (κ2) is 11.6. The largest absolute Gasteiger partial charge is 0.462 e. The summed E-state index contributed by atoms with van der Waals surface area (Å²) < 4.78 is 124. The number of nitrogens with two attached hydrogens (primary N) is 1. The maximum Gasteiger partial charge on any atom is 0.417 e. The van der Waals surface area contributed by atoms with Crippen LogP contribution < -0.4 is 20.7 Å². The number of nitriles is 1. The summed E-state index contributed by atoms with van der Waals surface area (Å²) in [7, 11) is 0. The number of nitrogens with one attached hydrogen (secondary N) is 1. The summed E-state index contributed by atoms with van der Waals surface area (Å²) in [5.41, 5.74) is 0.848. The normalized spacial score (nSPS) is 26.5. The molecule has 14 heteroatoms. The van der Waals surface area contributed by atoms with Crippen LogP contribution >= 0.6 is 11.3 Å². The number of ether oxygens (including phenoxy) is 1. The van der Waals surface area contributed by atoms with Crippen molar-refractivity contribution in [2.24, 2.45) is 5.41 Å². The molecule has 8 nitrogen and oxygen atoms in total. The molecule has 2 bridgehead atoms. The number of benzene rings is 2. The zero-order valence-corrected chi connectivity index (χ0v) is 25.8. The van der Waals surface area contributed by atoms with E-state index in [9.17, 15) is 9.65 Å². The van der Waals surface area contributed by atoms with Gasteiger partial charge in [0.25, 0.3) is 0 Å². The van der Waals surface area contributed by atoms with Crippen molar-refractivity contribution in [3.8, 4) is 23.2 Å². The van der Waals surface area contributed by atoms with E-state index in [-0.39, 0.29) is 69.7 Å². The third-order valence-electron chi connectivity index (χ3n) is 9.20. The highest BCUT2D eigenvalue weighted by molar-refractivity contribution is 7.23. The van der Waals surface area contributed by atoms with Crippen LogP contribution in [0.25, 0.3) is 32.1 Å². The SMILES string of the molecule is [2H]C([2H])([2H])N1CC/C(=C\F)[C@](C)(C([2H])([2H])Oc2nc(N3C[C@H]4CC[C@@H](C3)N4)c3cc(C(F)(F)F)c(-c4cccc5sc(N)c(C#N)c45)c(F)c3n2)C1. The van der Waals surface area contributed by atoms with Crippen molar-refractivity contribution in [2.45, 2.75) is 44.4 Å². The molecular formula is C33H32F5N7OS. The summed E-state index contributed by atoms with van der Waals surface area (Å²) in [6.07, 6.45) is -3.45. The number of aromatic nitrogens is 2. The van der Waals surface area contributed by atoms with E-state index >= 15 is 17.6 Å². The molecule has 3 atom stereocenters. The van der Waals surface area contributed by atoms with Crippen molar-refractivity contribution in [1.82, 2.24) is 20.2 Å². The molecule has 3 N–H and O–H groups in total. The van der Waals surface area contributed by atoms with Crippen LogP contribution in [-0.2, 0) is 6.18 Å². The second-order valence-electron chi connectivity index (χ2n) is 12.4. The highest BCUT2D eigenvalue weighted by Gasteiger charge is 2.40. The smallest absolute Gasteiger partial charge is 0.417 e. The number of hydrogen-bond donors (Lipinski definition) is 2. The molecule has 246 valence electrons. The van der Waals surface area contributed by atoms with Gasteiger partial charge in [-0.05, 0) is 49.5 Å². The van der Waals surface area contributed by atoms with Gasteiger partial charge in [-0.25, -0.2) is 8.78 Å². The van der Waals surface area contributed by atoms with E-state index < -0.39 is 60.1 Å². The van der Waals surface area contributed by atoms with Crippen LogP contribution in [0.2, 0.25) is 0 Å². The molecule has 0 unspecified atom stereocenters. The molecule has 0 aliphatic carbocycles. The van der Waals surface area contributed by atoms with Gasteiger partial charge in [-0.3, -0.25) is 0 Å². The molecule has 0 saturated carbocycles. The lowest BCUT2D eigenvalue weighted by molar-refractivity contribution is -0.137. The number of nitrogen functional groups attached to an aromatic ring is 1. The average Bonchev–Trinajstić information content (AvgIpc) is 3.59. The number of alkyl halides is 3. The van der Waals surface area contributed by atoms with Crippen LogP contribution in [0.1, 0.15) is 44.2 Å². The van der Waals surface area contributed by atoms with E-state index in [1.165, 1.54) is 19.1 Å². The average molecular weight is 675 g/mol. The number of likely N-dealkylation sites (tertiary alicyclic amines) is 1. The lowest BCUT2D eigenvalue weighted by Crippen LogP contribution is -2.51. The van der Waals surface area contributed by atoms with Crippen molar-refractivity contribution in [3.05, 3.63) is 53.1 Å². The predicted molar refractivity (Wildman–Crippen MR) is 172 cm³/mol. The Balaban J connectivity index is 1.46. The summed E-state index contributed by atoms with van der Waals surface area (Å²) in [4.78, 5) is 11.3. The zero-order valence-electron chi connectivity index (χ0n) is 30.0. The van der Waals surface area contributed by atoms with Crippen molar-refractivity contribution in [2.75, 3.05) is 50.3 Å². The van der Waals surface area contributed by atoms with Crippen molar-refractivity contribution >= 4 is 43.1 Å². The Morgan fingerprint density at radius 3 is 2.74 bits per heavy atom. The number of rotatable bonds is 5. The number of anilines is 2. The van der Waals surface area contributed by atoms with Crippen LogP contribution in [0, 0.1) is 22.6 Å². The van der Waals surface area contributed by atoms with Crippen LogP contribution in [0.15, 0.2) is 36.2 Å². The Morgan fingerprint density at radius 1 is 1.30 bits per heavy atom. The summed E-state index contributed by atoms with van der Waals surface area (Å²) in [5.74, 6) is -1.54. The monoisotopic (exact) mass is 674 g/mol. The maximum atomic E-state index is 17.2. The standard InChI is InChI=1S/C33H32F5N7OS/c1-32(15-44(2)9-8-17(32)11-34)16-46-31-42-28-21(30(43-31)45-13-18-6-7-19(14-45)41-18)10-23(33(36,37)38)26(27(28)35)20-4-3-5-24-25(20)22(12-39)29(40)47-24/h3-5,10-11,18-19,41H,6-9,13-16,40H2,1-2H3/b17-11+/t18-,19+,32-/m0/s1/i2D3,16D2. The number of hydrogen-bond acceptors (Lipinski definition) is 9. The Labute approximate surface area is 278 Å². The summed E-state index contributed by atoms with van der Waals surface area (Å²) in [6, 6.07) is 6.08. The first-order chi connectivity index (χ1) is 24.4. The van der Waals surface area contributed by atoms with Crippen LogP contribution in [0.4, 0.5) is 32.8 Å². The molecule has 3 aliphatic heterocycles. The zero-order chi connectivity index (χ0) is 37.5. The van der Waals surface area contributed by atoms with Gasteiger partial charge in [-0.2, -0.15) is 28.4 Å². The van der Waals surface area contributed by atoms with E-state index in [1.807, 2.05) is 6.07 Å². The van der Waals surface area contributed by atoms with E-state index in [1.54, 1.807) is 11.0 Å². The lowest BCUT2D eigenvalue weighted by Gasteiger charge is -2.40. The van der Waals surface area contributed by atoms with Gasteiger partial charge >= 0.3 is 12.2 Å². The minimum absolute atomic E-state index is 0.0339. The Bertz CT molecular complexity index is 2160. The van der Waals surface area contributed by atoms with E-state index in [2.05, 4.69) is 15.3 Å². The van der Waals surface area contributed by atoms with Crippen LogP contribution in [0.3, 0.4) is 0 Å². The molecule has 0 spiro atoms. The molecule has 4 aromatic rings. The number of nitrogens with zero attached hydrogens (tertiary/aromatic N) is 5. The Hall–Kier alpha value is -4.06. The molecule has 5 heterocycles. The van der Waals surface area contributed by atoms with Gasteiger partial charge in [0.15, 0.2) is 5.82 Å². The molecular weight excluding hydrogens is 637 g/mol. The van der Waals surface area contributed by atoms with Crippen molar-refractivity contribution in [3.63, 3.8) is 0 Å². The third kappa shape index (κ3) is 5.44. The lowest BCUT2D eigenvalue weighted by atomic mass is 9.78. The predicted octanol–water partition coefficient (Wildman–Crippen LogP) is 6.64. The number of thiophene rings is 1. The quantitative estimate of drug-likeness (QED) is 0.227. The first-order valence-corrected chi connectivity index (χ1v) is 15.8. The molecule has 3 aliphatic rings. The molecule has 0 radical (unpaired) electrons. The molecule has 2 aromatic carbocycles. The van der Waals surface area contributed by atoms with Gasteiger partial charge in [0.05, 0.1) is 20.2 Å². The van der Waals surface area contributed by atoms with Gasteiger partial charge in [0.2, 0.25) is 0 Å². The Morgan fingerprint density at radius 2 is 2.06 bits per heavy atom. The highest BCUT2D eigenvalue weighted by atomic mass is 32.1. The molecule has 3 saturated heterocycles. The fraction of sp³-hybridized carbons (Fsp3) is 0.424. The highest BCUT2D eigenvalue weighted by Crippen LogP contribution is 2.48. The molecule has 47 heavy (non-hydrogen) atoms. The van der Waals surface area contributed by atoms with E-state index in [4.69, 9.17) is 17.3 Å². The van der Waals surface area contributed by atoms with Crippen LogP contribution in [-0.4, -0.2) is 66.7 Å². The summed E-state index contributed by atoms with van der Waals surface area (Å²) in [5, 5.41) is 13.1. The molecule has 7 rings (SSSR count). The van der Waals surface area contributed by atoms with Crippen molar-refractivity contribution in [1.29, 1.82) is 5.26 Å². The number of fused-ring (bicyclic) bond motifs is 4. The first-order valence-electron chi connectivity index (χ1n) is 17.4. The summed E-state index contributed by atoms with van der Waals surface area (Å²) in [6.45, 7) is -4.24. The number of piperidine rings is 1. The van der Waals surface area contributed by atoms with Gasteiger partial charge in [-0.15, -0.1) is 11.3 Å². The van der Waals surface area contributed by atoms with E-state index in [0.29, 0.717) is 17.8 Å². The van der Waals surface area contributed by atoms with Gasteiger partial charge in [0.1, 0.15) is 29.0 Å². The molecule has 0 amide bonds. The fourth-order valence-electron chi connectivity index (χ4n) is 6.95. The second-order valence-corrected chi connectivity index (χ2v) is 13.4. The van der Waals surface area contributed by atoms with E-state index in [0.717, 1.165) is 35.1 Å². The van der Waals surface area contributed by atoms with Gasteiger partial charge in [0, 0.05) is 68.8 Å². The van der Waals surface area contributed by atoms with Crippen LogP contribution in [0.5, 0.6) is 6.01 Å². The Kier molecular flexibility index (Phi) is 6.39. The minimum atomic E-state index is -5.09. The number of halogens is 5. The first kappa shape index (κ1) is 26.0. The minimum Gasteiger partial charge on any atom is -0.462 e. The third-order valence-corrected chi connectivity index (χ3v) is 10.2. The molecule has 3 fully saturated rings. The van der Waals surface area contributed by atoms with Gasteiger partial charge < -0.3 is 25.6 Å². The number of piperazine rings is 1. The molecule has 2 aromatic heterocycles. The maximum absolute atomic E-state index is 17.2. The fourth-order valence-corrected chi connectivity index (χ4v) is 7.89. The van der Waals surface area contributed by atoms with Crippen molar-refractivity contribution < 1.29 is 33.5 Å². The van der Waals surface area contributed by atoms with Gasteiger partial charge in [-0.1, -0.05) is 19.1 Å². The summed E-state index contributed by atoms with van der Waals surface area (Å²) >= 11 is 0.970.